The van der Waals surface area contributed by atoms with Gasteiger partial charge in [-0.15, -0.1) is 0 Å². The first-order chi connectivity index (χ1) is 21.3. The molecule has 2 aromatic heterocycles. The Kier molecular flexibility index (Phi) is 5.05. The van der Waals surface area contributed by atoms with Crippen LogP contribution in [0.25, 0.3) is 49.2 Å². The van der Waals surface area contributed by atoms with Crippen molar-refractivity contribution in [3.05, 3.63) is 156 Å². The fourth-order valence-electron chi connectivity index (χ4n) is 6.73. The molecule has 1 aliphatic rings. The number of para-hydroxylation sites is 4. The summed E-state index contributed by atoms with van der Waals surface area (Å²) in [6.45, 7) is 0. The van der Waals surface area contributed by atoms with E-state index >= 15 is 0 Å². The summed E-state index contributed by atoms with van der Waals surface area (Å²) in [4.78, 5) is 15.5. The molecule has 5 heteroatoms. The highest BCUT2D eigenvalue weighted by Gasteiger charge is 2.31. The van der Waals surface area contributed by atoms with E-state index in [9.17, 15) is 4.79 Å². The second kappa shape index (κ2) is 9.10. The maximum atomic E-state index is 13.1. The smallest absolute Gasteiger partial charge is 0.344 e. The molecule has 0 saturated carbocycles. The van der Waals surface area contributed by atoms with E-state index in [0.29, 0.717) is 11.0 Å². The van der Waals surface area contributed by atoms with Crippen LogP contribution >= 0.6 is 0 Å². The first-order valence-corrected chi connectivity index (χ1v) is 14.4. The lowest BCUT2D eigenvalue weighted by Gasteiger charge is -2.27. The van der Waals surface area contributed by atoms with E-state index in [1.54, 1.807) is 0 Å². The molecule has 0 bridgehead atoms. The van der Waals surface area contributed by atoms with Crippen molar-refractivity contribution in [2.45, 2.75) is 6.17 Å². The number of rotatable bonds is 3. The molecule has 1 N–H and O–H groups in total. The number of hydrogen-bond donors (Lipinski definition) is 1. The van der Waals surface area contributed by atoms with Crippen LogP contribution in [-0.2, 0) is 0 Å². The predicted molar refractivity (Wildman–Crippen MR) is 176 cm³/mol. The molecule has 1 unspecified atom stereocenters. The van der Waals surface area contributed by atoms with E-state index in [0.717, 1.165) is 60.9 Å². The Morgan fingerprint density at radius 1 is 0.558 bits per heavy atom. The fourth-order valence-corrected chi connectivity index (χ4v) is 6.73. The zero-order valence-electron chi connectivity index (χ0n) is 23.1. The number of benzene rings is 6. The lowest BCUT2D eigenvalue weighted by atomic mass is 10.1. The highest BCUT2D eigenvalue weighted by molar-refractivity contribution is 6.20. The predicted octanol–water partition coefficient (Wildman–Crippen LogP) is 9.31. The van der Waals surface area contributed by atoms with E-state index in [2.05, 4.69) is 124 Å². The summed E-state index contributed by atoms with van der Waals surface area (Å²) < 4.78 is 8.31. The molecule has 43 heavy (non-hydrogen) atoms. The molecule has 0 saturated heterocycles. The maximum Gasteiger partial charge on any atom is 0.344 e. The second-order valence-corrected chi connectivity index (χ2v) is 11.0. The summed E-state index contributed by atoms with van der Waals surface area (Å²) >= 11 is 0. The van der Waals surface area contributed by atoms with Crippen LogP contribution in [0.15, 0.2) is 149 Å². The zero-order valence-corrected chi connectivity index (χ0v) is 23.1. The Morgan fingerprint density at radius 3 is 2.07 bits per heavy atom. The summed E-state index contributed by atoms with van der Waals surface area (Å²) in [6, 6.07) is 47.8. The molecule has 1 atom stereocenters. The zero-order chi connectivity index (χ0) is 28.5. The fraction of sp³-hybridized carbons (Fsp3) is 0.0263. The molecular formula is C38H25N3O2. The molecule has 0 fully saturated rings. The Balaban J connectivity index is 1.25. The summed E-state index contributed by atoms with van der Waals surface area (Å²) in [5.41, 5.74) is 7.77. The van der Waals surface area contributed by atoms with Gasteiger partial charge in [-0.25, -0.2) is 4.79 Å². The lowest BCUT2D eigenvalue weighted by molar-refractivity contribution is 0.572. The minimum atomic E-state index is -0.323. The van der Waals surface area contributed by atoms with Gasteiger partial charge in [0.05, 0.1) is 27.8 Å². The molecule has 6 aromatic carbocycles. The Labute approximate surface area is 246 Å². The van der Waals surface area contributed by atoms with Crippen molar-refractivity contribution in [3.8, 4) is 5.69 Å². The third kappa shape index (κ3) is 3.48. The van der Waals surface area contributed by atoms with Crippen LogP contribution in [0.3, 0.4) is 0 Å². The minimum Gasteiger partial charge on any atom is -0.420 e. The minimum absolute atomic E-state index is 0.0581. The van der Waals surface area contributed by atoms with E-state index in [1.165, 1.54) is 0 Å². The lowest BCUT2D eigenvalue weighted by Crippen LogP contribution is -2.23. The normalized spacial score (nSPS) is 14.5. The monoisotopic (exact) mass is 555 g/mol. The van der Waals surface area contributed by atoms with Crippen molar-refractivity contribution < 1.29 is 4.42 Å². The van der Waals surface area contributed by atoms with Gasteiger partial charge in [0, 0.05) is 27.5 Å². The molecule has 0 aliphatic carbocycles. The SMILES string of the molecule is O=c1oc2c(ccc3c4ccccc4n(-c4ccc(C5Nc6ccccc6N5c5ccccc5)cc4)c32)c2ccccc12. The molecule has 8 aromatic rings. The van der Waals surface area contributed by atoms with Crippen LogP contribution in [0.4, 0.5) is 17.1 Å². The van der Waals surface area contributed by atoms with Crippen LogP contribution in [0.5, 0.6) is 0 Å². The van der Waals surface area contributed by atoms with Gasteiger partial charge in [-0.1, -0.05) is 84.9 Å². The Morgan fingerprint density at radius 2 is 1.23 bits per heavy atom. The van der Waals surface area contributed by atoms with Crippen molar-refractivity contribution in [1.29, 1.82) is 0 Å². The second-order valence-electron chi connectivity index (χ2n) is 11.0. The molecule has 0 amide bonds. The van der Waals surface area contributed by atoms with Gasteiger partial charge in [0.25, 0.3) is 0 Å². The largest absolute Gasteiger partial charge is 0.420 e. The number of hydrogen-bond acceptors (Lipinski definition) is 4. The van der Waals surface area contributed by atoms with Gasteiger partial charge in [0.1, 0.15) is 6.17 Å². The Bertz CT molecular complexity index is 2410. The van der Waals surface area contributed by atoms with Gasteiger partial charge in [-0.3, -0.25) is 0 Å². The molecule has 204 valence electrons. The van der Waals surface area contributed by atoms with Gasteiger partial charge in [0.2, 0.25) is 0 Å². The average Bonchev–Trinajstić information content (AvgIpc) is 3.62. The van der Waals surface area contributed by atoms with E-state index in [4.69, 9.17) is 4.42 Å². The van der Waals surface area contributed by atoms with Gasteiger partial charge in [-0.2, -0.15) is 0 Å². The Hall–Kier alpha value is -5.81. The molecule has 0 spiro atoms. The third-order valence-electron chi connectivity index (χ3n) is 8.64. The molecule has 0 radical (unpaired) electrons. The third-order valence-corrected chi connectivity index (χ3v) is 8.64. The average molecular weight is 556 g/mol. The number of anilines is 3. The van der Waals surface area contributed by atoms with Gasteiger partial charge < -0.3 is 19.2 Å². The maximum absolute atomic E-state index is 13.1. The van der Waals surface area contributed by atoms with Crippen molar-refractivity contribution in [3.63, 3.8) is 0 Å². The molecule has 1 aliphatic heterocycles. The highest BCUT2D eigenvalue weighted by atomic mass is 16.4. The summed E-state index contributed by atoms with van der Waals surface area (Å²) in [7, 11) is 0. The molecular weight excluding hydrogens is 530 g/mol. The van der Waals surface area contributed by atoms with Crippen LogP contribution < -0.4 is 15.8 Å². The molecule has 9 rings (SSSR count). The van der Waals surface area contributed by atoms with Crippen molar-refractivity contribution >= 4 is 60.6 Å². The highest BCUT2D eigenvalue weighted by Crippen LogP contribution is 2.46. The van der Waals surface area contributed by atoms with Crippen LogP contribution in [0, 0.1) is 0 Å². The van der Waals surface area contributed by atoms with Gasteiger partial charge in [0.15, 0.2) is 5.58 Å². The quantitative estimate of drug-likeness (QED) is 0.174. The summed E-state index contributed by atoms with van der Waals surface area (Å²) in [5, 5.41) is 8.31. The number of nitrogens with one attached hydrogen (secondary N) is 1. The summed E-state index contributed by atoms with van der Waals surface area (Å²) in [6.07, 6.45) is -0.0581. The molecule has 3 heterocycles. The number of nitrogens with zero attached hydrogens (tertiary/aromatic N) is 2. The van der Waals surface area contributed by atoms with Crippen molar-refractivity contribution in [1.82, 2.24) is 4.57 Å². The number of aromatic nitrogens is 1. The van der Waals surface area contributed by atoms with E-state index < -0.39 is 0 Å². The van der Waals surface area contributed by atoms with Crippen LogP contribution in [0.2, 0.25) is 0 Å². The van der Waals surface area contributed by atoms with E-state index in [1.807, 2.05) is 30.3 Å². The van der Waals surface area contributed by atoms with Crippen molar-refractivity contribution in [2.24, 2.45) is 0 Å². The van der Waals surface area contributed by atoms with E-state index in [-0.39, 0.29) is 11.8 Å². The van der Waals surface area contributed by atoms with Crippen LogP contribution in [-0.4, -0.2) is 4.57 Å². The van der Waals surface area contributed by atoms with Crippen LogP contribution in [0.1, 0.15) is 11.7 Å². The molecule has 5 nitrogen and oxygen atoms in total. The first-order valence-electron chi connectivity index (χ1n) is 14.4. The van der Waals surface area contributed by atoms with Gasteiger partial charge >= 0.3 is 5.63 Å². The van der Waals surface area contributed by atoms with Crippen molar-refractivity contribution in [2.75, 3.05) is 10.2 Å². The van der Waals surface area contributed by atoms with Gasteiger partial charge in [-0.05, 0) is 65.5 Å². The summed E-state index contributed by atoms with van der Waals surface area (Å²) in [5.74, 6) is 0. The first kappa shape index (κ1) is 23.9. The standard InChI is InChI=1S/C38H25N3O2/c42-38-31-14-5-4-12-27(31)30-23-22-29-28-13-6-8-16-33(28)40(35(29)36(30)43-38)26-20-18-24(19-21-26)37-39-32-15-7-9-17-34(32)41(37)25-10-2-1-3-11-25/h1-23,37,39H. The number of fused-ring (bicyclic) bond motifs is 8. The topological polar surface area (TPSA) is 50.4 Å².